The fourth-order valence-electron chi connectivity index (χ4n) is 2.80. The summed E-state index contributed by atoms with van der Waals surface area (Å²) in [4.78, 5) is 7.05. The van der Waals surface area contributed by atoms with Crippen LogP contribution in [0.15, 0.2) is 18.3 Å². The van der Waals surface area contributed by atoms with Gasteiger partial charge in [0.2, 0.25) is 0 Å². The number of nitrogens with zero attached hydrogens (tertiary/aromatic N) is 2. The van der Waals surface area contributed by atoms with Crippen molar-refractivity contribution >= 4 is 5.82 Å². The minimum absolute atomic E-state index is 0.696. The third kappa shape index (κ3) is 3.22. The van der Waals surface area contributed by atoms with Crippen LogP contribution in [-0.4, -0.2) is 28.5 Å². The minimum atomic E-state index is 0.696. The normalized spacial score (nSPS) is 25.1. The molecule has 1 saturated heterocycles. The van der Waals surface area contributed by atoms with Crippen molar-refractivity contribution in [2.45, 2.75) is 58.7 Å². The van der Waals surface area contributed by atoms with Crippen molar-refractivity contribution < 1.29 is 0 Å². The second-order valence-corrected chi connectivity index (χ2v) is 5.38. The van der Waals surface area contributed by atoms with Crippen molar-refractivity contribution in [3.05, 3.63) is 23.9 Å². The SMILES string of the molecule is CCNc1ccc(CN2[C@H](C)CCC[C@@H]2C)cn1. The molecule has 0 bridgehead atoms. The van der Waals surface area contributed by atoms with Gasteiger partial charge in [-0.2, -0.15) is 0 Å². The van der Waals surface area contributed by atoms with Crippen molar-refractivity contribution in [3.8, 4) is 0 Å². The van der Waals surface area contributed by atoms with Crippen molar-refractivity contribution in [1.82, 2.24) is 9.88 Å². The number of hydrogen-bond donors (Lipinski definition) is 1. The van der Waals surface area contributed by atoms with E-state index in [0.29, 0.717) is 12.1 Å². The first-order valence-electron chi connectivity index (χ1n) is 7.15. The molecule has 1 aliphatic rings. The monoisotopic (exact) mass is 247 g/mol. The molecule has 2 heterocycles. The first-order chi connectivity index (χ1) is 8.70. The van der Waals surface area contributed by atoms with Gasteiger partial charge in [-0.3, -0.25) is 4.90 Å². The van der Waals surface area contributed by atoms with Crippen molar-refractivity contribution in [2.24, 2.45) is 0 Å². The van der Waals surface area contributed by atoms with Gasteiger partial charge in [-0.25, -0.2) is 4.98 Å². The van der Waals surface area contributed by atoms with Crippen LogP contribution in [0.4, 0.5) is 5.82 Å². The summed E-state index contributed by atoms with van der Waals surface area (Å²) in [5.74, 6) is 0.973. The number of likely N-dealkylation sites (tertiary alicyclic amines) is 1. The maximum absolute atomic E-state index is 4.45. The lowest BCUT2D eigenvalue weighted by Gasteiger charge is -2.39. The Morgan fingerprint density at radius 3 is 2.56 bits per heavy atom. The predicted molar refractivity (Wildman–Crippen MR) is 76.7 cm³/mol. The topological polar surface area (TPSA) is 28.2 Å². The number of anilines is 1. The quantitative estimate of drug-likeness (QED) is 0.885. The average Bonchev–Trinajstić information content (AvgIpc) is 2.36. The molecule has 1 aromatic rings. The summed E-state index contributed by atoms with van der Waals surface area (Å²) < 4.78 is 0. The molecule has 0 spiro atoms. The van der Waals surface area contributed by atoms with Crippen LogP contribution in [0.2, 0.25) is 0 Å². The molecule has 0 radical (unpaired) electrons. The van der Waals surface area contributed by atoms with Gasteiger partial charge >= 0.3 is 0 Å². The van der Waals surface area contributed by atoms with E-state index >= 15 is 0 Å². The highest BCUT2D eigenvalue weighted by Crippen LogP contribution is 2.24. The summed E-state index contributed by atoms with van der Waals surface area (Å²) in [5, 5.41) is 3.23. The molecule has 3 nitrogen and oxygen atoms in total. The molecule has 2 rings (SSSR count). The van der Waals surface area contributed by atoms with Crippen LogP contribution in [0.3, 0.4) is 0 Å². The van der Waals surface area contributed by atoms with Crippen molar-refractivity contribution in [2.75, 3.05) is 11.9 Å². The van der Waals surface area contributed by atoms with Crippen LogP contribution >= 0.6 is 0 Å². The second kappa shape index (κ2) is 6.19. The maximum Gasteiger partial charge on any atom is 0.125 e. The zero-order valence-corrected chi connectivity index (χ0v) is 11.8. The Morgan fingerprint density at radius 1 is 1.28 bits per heavy atom. The van der Waals surface area contributed by atoms with Crippen molar-refractivity contribution in [3.63, 3.8) is 0 Å². The number of aromatic nitrogens is 1. The Morgan fingerprint density at radius 2 is 2.00 bits per heavy atom. The van der Waals surface area contributed by atoms with Gasteiger partial charge in [0.1, 0.15) is 5.82 Å². The highest BCUT2D eigenvalue weighted by Gasteiger charge is 2.24. The molecule has 0 aromatic carbocycles. The van der Waals surface area contributed by atoms with E-state index in [1.807, 2.05) is 6.20 Å². The lowest BCUT2D eigenvalue weighted by atomic mass is 9.97. The minimum Gasteiger partial charge on any atom is -0.370 e. The standard InChI is InChI=1S/C15H25N3/c1-4-16-15-9-8-14(10-17-15)11-18-12(2)6-5-7-13(18)3/h8-10,12-13H,4-7,11H2,1-3H3,(H,16,17)/t12-,13+. The highest BCUT2D eigenvalue weighted by atomic mass is 15.2. The van der Waals surface area contributed by atoms with E-state index in [-0.39, 0.29) is 0 Å². The van der Waals surface area contributed by atoms with Gasteiger partial charge < -0.3 is 5.32 Å². The molecule has 0 amide bonds. The van der Waals surface area contributed by atoms with Gasteiger partial charge in [0, 0.05) is 31.4 Å². The van der Waals surface area contributed by atoms with Gasteiger partial charge in [-0.05, 0) is 45.2 Å². The van der Waals surface area contributed by atoms with Crippen LogP contribution in [0.1, 0.15) is 45.6 Å². The Bertz CT molecular complexity index is 351. The Kier molecular flexibility index (Phi) is 4.59. The molecule has 1 aliphatic heterocycles. The Balaban J connectivity index is 1.99. The van der Waals surface area contributed by atoms with Gasteiger partial charge in [0.25, 0.3) is 0 Å². The first kappa shape index (κ1) is 13.3. The van der Waals surface area contributed by atoms with E-state index in [0.717, 1.165) is 18.9 Å². The molecule has 1 N–H and O–H groups in total. The molecule has 1 fully saturated rings. The second-order valence-electron chi connectivity index (χ2n) is 5.38. The molecule has 0 saturated carbocycles. The molecule has 100 valence electrons. The van der Waals surface area contributed by atoms with Gasteiger partial charge in [0.15, 0.2) is 0 Å². The summed E-state index contributed by atoms with van der Waals surface area (Å²) in [6, 6.07) is 5.67. The molecular formula is C15H25N3. The van der Waals surface area contributed by atoms with Crippen LogP contribution < -0.4 is 5.32 Å². The van der Waals surface area contributed by atoms with E-state index in [2.05, 4.69) is 48.1 Å². The molecular weight excluding hydrogens is 222 g/mol. The molecule has 1 aromatic heterocycles. The fourth-order valence-corrected chi connectivity index (χ4v) is 2.80. The summed E-state index contributed by atoms with van der Waals surface area (Å²) in [6.07, 6.45) is 6.03. The number of nitrogens with one attached hydrogen (secondary N) is 1. The first-order valence-corrected chi connectivity index (χ1v) is 7.15. The average molecular weight is 247 g/mol. The Labute approximate surface area is 111 Å². The third-order valence-corrected chi connectivity index (χ3v) is 3.92. The molecule has 18 heavy (non-hydrogen) atoms. The zero-order chi connectivity index (χ0) is 13.0. The Hall–Kier alpha value is -1.09. The zero-order valence-electron chi connectivity index (χ0n) is 11.8. The van der Waals surface area contributed by atoms with E-state index in [1.54, 1.807) is 0 Å². The predicted octanol–water partition coefficient (Wildman–Crippen LogP) is 3.28. The van der Waals surface area contributed by atoms with E-state index in [9.17, 15) is 0 Å². The van der Waals surface area contributed by atoms with Gasteiger partial charge in [0.05, 0.1) is 0 Å². The molecule has 0 aliphatic carbocycles. The van der Waals surface area contributed by atoms with E-state index < -0.39 is 0 Å². The van der Waals surface area contributed by atoms with Gasteiger partial charge in [-0.15, -0.1) is 0 Å². The van der Waals surface area contributed by atoms with Crippen LogP contribution in [0.25, 0.3) is 0 Å². The maximum atomic E-state index is 4.45. The van der Waals surface area contributed by atoms with Crippen LogP contribution in [-0.2, 0) is 6.54 Å². The number of piperidine rings is 1. The third-order valence-electron chi connectivity index (χ3n) is 3.92. The summed E-state index contributed by atoms with van der Waals surface area (Å²) in [6.45, 7) is 8.73. The summed E-state index contributed by atoms with van der Waals surface area (Å²) in [7, 11) is 0. The largest absolute Gasteiger partial charge is 0.370 e. The number of hydrogen-bond acceptors (Lipinski definition) is 3. The van der Waals surface area contributed by atoms with Gasteiger partial charge in [-0.1, -0.05) is 12.5 Å². The van der Waals surface area contributed by atoms with Crippen molar-refractivity contribution in [1.29, 1.82) is 0 Å². The smallest absolute Gasteiger partial charge is 0.125 e. The van der Waals surface area contributed by atoms with E-state index in [4.69, 9.17) is 0 Å². The van der Waals surface area contributed by atoms with Crippen LogP contribution in [0, 0.1) is 0 Å². The lowest BCUT2D eigenvalue weighted by Crippen LogP contribution is -2.42. The number of rotatable bonds is 4. The fraction of sp³-hybridized carbons (Fsp3) is 0.667. The lowest BCUT2D eigenvalue weighted by molar-refractivity contribution is 0.0952. The number of pyridine rings is 1. The molecule has 0 unspecified atom stereocenters. The highest BCUT2D eigenvalue weighted by molar-refractivity contribution is 5.35. The summed E-state index contributed by atoms with van der Waals surface area (Å²) in [5.41, 5.74) is 1.32. The van der Waals surface area contributed by atoms with Crippen LogP contribution in [0.5, 0.6) is 0 Å². The van der Waals surface area contributed by atoms with E-state index in [1.165, 1.54) is 24.8 Å². The molecule has 3 heteroatoms. The molecule has 2 atom stereocenters. The summed E-state index contributed by atoms with van der Waals surface area (Å²) >= 11 is 0.